The fraction of sp³-hybridized carbons (Fsp3) is 0.312. The number of alkyl halides is 2. The van der Waals surface area contributed by atoms with E-state index in [1.807, 2.05) is 18.4 Å². The van der Waals surface area contributed by atoms with Crippen LogP contribution >= 0.6 is 11.3 Å². The van der Waals surface area contributed by atoms with Crippen LogP contribution < -0.4 is 10.1 Å². The van der Waals surface area contributed by atoms with Gasteiger partial charge >= 0.3 is 6.61 Å². The summed E-state index contributed by atoms with van der Waals surface area (Å²) in [6.45, 7) is -0.978. The van der Waals surface area contributed by atoms with Crippen molar-refractivity contribution in [3.8, 4) is 5.75 Å². The maximum Gasteiger partial charge on any atom is 0.387 e. The Morgan fingerprint density at radius 1 is 1.39 bits per heavy atom. The molecule has 0 aliphatic carbocycles. The summed E-state index contributed by atoms with van der Waals surface area (Å²) in [5.41, 5.74) is 1.35. The quantitative estimate of drug-likeness (QED) is 0.812. The fourth-order valence-electron chi connectivity index (χ4n) is 2.10. The third kappa shape index (κ3) is 4.74. The van der Waals surface area contributed by atoms with Crippen molar-refractivity contribution in [1.82, 2.24) is 5.32 Å². The van der Waals surface area contributed by atoms with Crippen molar-refractivity contribution in [2.24, 2.45) is 0 Å². The SMILES string of the molecule is CCc1ccsc1C(=O)NCC(O)c1cccc(OC(F)F)c1. The molecule has 1 unspecified atom stereocenters. The van der Waals surface area contributed by atoms with Crippen LogP contribution in [0.1, 0.15) is 33.8 Å². The average Bonchev–Trinajstić information content (AvgIpc) is 3.00. The summed E-state index contributed by atoms with van der Waals surface area (Å²) in [6.07, 6.45) is -0.257. The van der Waals surface area contributed by atoms with Gasteiger partial charge < -0.3 is 15.2 Å². The Hall–Kier alpha value is -1.99. The normalized spacial score (nSPS) is 12.2. The van der Waals surface area contributed by atoms with Gasteiger partial charge in [-0.1, -0.05) is 19.1 Å². The van der Waals surface area contributed by atoms with E-state index in [-0.39, 0.29) is 18.2 Å². The number of hydrogen-bond donors (Lipinski definition) is 2. The molecule has 2 aromatic rings. The van der Waals surface area contributed by atoms with Gasteiger partial charge in [0.05, 0.1) is 11.0 Å². The molecule has 1 atom stereocenters. The predicted octanol–water partition coefficient (Wildman–Crippen LogP) is 3.38. The second kappa shape index (κ2) is 8.03. The Morgan fingerprint density at radius 3 is 2.87 bits per heavy atom. The molecule has 0 aliphatic heterocycles. The summed E-state index contributed by atoms with van der Waals surface area (Å²) in [4.78, 5) is 12.7. The molecule has 23 heavy (non-hydrogen) atoms. The molecule has 0 aliphatic rings. The molecule has 0 radical (unpaired) electrons. The highest BCUT2D eigenvalue weighted by molar-refractivity contribution is 7.12. The van der Waals surface area contributed by atoms with Gasteiger partial charge in [-0.05, 0) is 41.1 Å². The highest BCUT2D eigenvalue weighted by Gasteiger charge is 2.15. The number of aryl methyl sites for hydroxylation is 1. The molecular weight excluding hydrogens is 324 g/mol. The minimum Gasteiger partial charge on any atom is -0.435 e. The van der Waals surface area contributed by atoms with Crippen LogP contribution in [0.5, 0.6) is 5.75 Å². The zero-order chi connectivity index (χ0) is 16.8. The highest BCUT2D eigenvalue weighted by Crippen LogP contribution is 2.21. The van der Waals surface area contributed by atoms with E-state index in [4.69, 9.17) is 0 Å². The Bertz CT molecular complexity index is 660. The molecule has 1 heterocycles. The van der Waals surface area contributed by atoms with Crippen molar-refractivity contribution >= 4 is 17.2 Å². The van der Waals surface area contributed by atoms with E-state index < -0.39 is 12.7 Å². The zero-order valence-electron chi connectivity index (χ0n) is 12.5. The van der Waals surface area contributed by atoms with Crippen molar-refractivity contribution in [3.63, 3.8) is 0 Å². The van der Waals surface area contributed by atoms with Crippen LogP contribution in [0.15, 0.2) is 35.7 Å². The summed E-state index contributed by atoms with van der Waals surface area (Å²) in [5.74, 6) is -0.287. The molecule has 1 aromatic heterocycles. The lowest BCUT2D eigenvalue weighted by Gasteiger charge is -2.13. The monoisotopic (exact) mass is 341 g/mol. The van der Waals surface area contributed by atoms with Crippen LogP contribution in [0, 0.1) is 0 Å². The van der Waals surface area contributed by atoms with E-state index in [1.54, 1.807) is 6.07 Å². The first-order chi connectivity index (χ1) is 11.0. The summed E-state index contributed by atoms with van der Waals surface area (Å²) >= 11 is 1.34. The van der Waals surface area contributed by atoms with Crippen molar-refractivity contribution in [2.75, 3.05) is 6.54 Å². The summed E-state index contributed by atoms with van der Waals surface area (Å²) in [6, 6.07) is 7.68. The van der Waals surface area contributed by atoms with Gasteiger partial charge in [0.2, 0.25) is 0 Å². The number of carbonyl (C=O) groups is 1. The van der Waals surface area contributed by atoms with Gasteiger partial charge in [0.1, 0.15) is 5.75 Å². The molecule has 0 spiro atoms. The number of aliphatic hydroxyl groups is 1. The van der Waals surface area contributed by atoms with Gasteiger partial charge in [-0.3, -0.25) is 4.79 Å². The highest BCUT2D eigenvalue weighted by atomic mass is 32.1. The zero-order valence-corrected chi connectivity index (χ0v) is 13.3. The summed E-state index contributed by atoms with van der Waals surface area (Å²) in [7, 11) is 0. The summed E-state index contributed by atoms with van der Waals surface area (Å²) < 4.78 is 28.7. The van der Waals surface area contributed by atoms with Gasteiger partial charge in [-0.15, -0.1) is 11.3 Å². The molecule has 7 heteroatoms. The van der Waals surface area contributed by atoms with Crippen LogP contribution in [-0.4, -0.2) is 24.2 Å². The number of carbonyl (C=O) groups excluding carboxylic acids is 1. The molecule has 1 amide bonds. The Labute approximate surface area is 136 Å². The van der Waals surface area contributed by atoms with E-state index in [0.717, 1.165) is 12.0 Å². The topological polar surface area (TPSA) is 58.6 Å². The molecule has 124 valence electrons. The van der Waals surface area contributed by atoms with Crippen molar-refractivity contribution in [3.05, 3.63) is 51.7 Å². The fourth-order valence-corrected chi connectivity index (χ4v) is 3.01. The molecule has 2 rings (SSSR count). The van der Waals surface area contributed by atoms with Crippen LogP contribution in [0.4, 0.5) is 8.78 Å². The number of thiophene rings is 1. The Morgan fingerprint density at radius 2 is 2.17 bits per heavy atom. The van der Waals surface area contributed by atoms with E-state index in [1.165, 1.54) is 29.5 Å². The minimum absolute atomic E-state index is 0.0159. The molecule has 0 fully saturated rings. The van der Waals surface area contributed by atoms with Gasteiger partial charge in [0.15, 0.2) is 0 Å². The standard InChI is InChI=1S/C16H17F2NO3S/c1-2-10-6-7-23-14(10)15(21)19-9-13(20)11-4-3-5-12(8-11)22-16(17)18/h3-8,13,16,20H,2,9H2,1H3,(H,19,21). The Kier molecular flexibility index (Phi) is 6.06. The first-order valence-electron chi connectivity index (χ1n) is 7.08. The Balaban J connectivity index is 1.97. The predicted molar refractivity (Wildman–Crippen MR) is 84.1 cm³/mol. The molecule has 0 saturated carbocycles. The first-order valence-corrected chi connectivity index (χ1v) is 7.96. The first kappa shape index (κ1) is 17.4. The summed E-state index contributed by atoms with van der Waals surface area (Å²) in [5, 5.41) is 14.6. The second-order valence-electron chi connectivity index (χ2n) is 4.81. The van der Waals surface area contributed by atoms with Crippen LogP contribution in [0.25, 0.3) is 0 Å². The van der Waals surface area contributed by atoms with Crippen LogP contribution in [0.3, 0.4) is 0 Å². The van der Waals surface area contributed by atoms with Crippen molar-refractivity contribution in [2.45, 2.75) is 26.1 Å². The largest absolute Gasteiger partial charge is 0.435 e. The lowest BCUT2D eigenvalue weighted by Crippen LogP contribution is -2.28. The number of benzene rings is 1. The van der Waals surface area contributed by atoms with Crippen molar-refractivity contribution in [1.29, 1.82) is 0 Å². The third-order valence-corrected chi connectivity index (χ3v) is 4.21. The molecule has 0 saturated heterocycles. The number of nitrogens with one attached hydrogen (secondary N) is 1. The second-order valence-corrected chi connectivity index (χ2v) is 5.72. The molecule has 0 bridgehead atoms. The van der Waals surface area contributed by atoms with Crippen LogP contribution in [-0.2, 0) is 6.42 Å². The van der Waals surface area contributed by atoms with E-state index in [0.29, 0.717) is 10.4 Å². The third-order valence-electron chi connectivity index (χ3n) is 3.26. The molecule has 2 N–H and O–H groups in total. The van der Waals surface area contributed by atoms with Gasteiger partial charge in [0, 0.05) is 6.54 Å². The van der Waals surface area contributed by atoms with Gasteiger partial charge in [-0.2, -0.15) is 8.78 Å². The molecular formula is C16H17F2NO3S. The number of rotatable bonds is 7. The maximum absolute atomic E-state index is 12.2. The van der Waals surface area contributed by atoms with Crippen LogP contribution in [0.2, 0.25) is 0 Å². The number of hydrogen-bond acceptors (Lipinski definition) is 4. The molecule has 1 aromatic carbocycles. The lowest BCUT2D eigenvalue weighted by atomic mass is 10.1. The number of amides is 1. The smallest absolute Gasteiger partial charge is 0.387 e. The average molecular weight is 341 g/mol. The van der Waals surface area contributed by atoms with E-state index in [9.17, 15) is 18.7 Å². The minimum atomic E-state index is -2.92. The number of ether oxygens (including phenoxy) is 1. The molecule has 4 nitrogen and oxygen atoms in total. The van der Waals surface area contributed by atoms with E-state index in [2.05, 4.69) is 10.1 Å². The van der Waals surface area contributed by atoms with Gasteiger partial charge in [-0.25, -0.2) is 0 Å². The maximum atomic E-state index is 12.2. The van der Waals surface area contributed by atoms with E-state index >= 15 is 0 Å². The van der Waals surface area contributed by atoms with Gasteiger partial charge in [0.25, 0.3) is 5.91 Å². The number of halogens is 2. The van der Waals surface area contributed by atoms with Crippen molar-refractivity contribution < 1.29 is 23.4 Å². The number of aliphatic hydroxyl groups excluding tert-OH is 1. The lowest BCUT2D eigenvalue weighted by molar-refractivity contribution is -0.0499.